The third-order valence-electron chi connectivity index (χ3n) is 2.38. The van der Waals surface area contributed by atoms with Gasteiger partial charge in [0.1, 0.15) is 11.6 Å². The fourth-order valence-electron chi connectivity index (χ4n) is 1.48. The lowest BCUT2D eigenvalue weighted by Crippen LogP contribution is -2.11. The van der Waals surface area contributed by atoms with Crippen LogP contribution in [0, 0.1) is 5.82 Å². The van der Waals surface area contributed by atoms with Crippen molar-refractivity contribution in [1.82, 2.24) is 0 Å². The Labute approximate surface area is 104 Å². The van der Waals surface area contributed by atoms with E-state index in [-0.39, 0.29) is 11.8 Å². The lowest BCUT2D eigenvalue weighted by molar-refractivity contribution is 0.0994. The van der Waals surface area contributed by atoms with Crippen molar-refractivity contribution in [3.05, 3.63) is 53.7 Å². The molecule has 2 rings (SSSR count). The van der Waals surface area contributed by atoms with Gasteiger partial charge in [0.15, 0.2) is 5.76 Å². The summed E-state index contributed by atoms with van der Waals surface area (Å²) in [6.45, 7) is 1.76. The second-order valence-corrected chi connectivity index (χ2v) is 3.96. The van der Waals surface area contributed by atoms with Gasteiger partial charge in [0.2, 0.25) is 0 Å². The van der Waals surface area contributed by atoms with Crippen LogP contribution in [0.3, 0.4) is 0 Å². The van der Waals surface area contributed by atoms with Crippen LogP contribution in [-0.4, -0.2) is 5.91 Å². The van der Waals surface area contributed by atoms with Gasteiger partial charge < -0.3 is 15.5 Å². The highest BCUT2D eigenvalue weighted by molar-refractivity contribution is 6.02. The normalized spacial score (nSPS) is 12.2. The molecule has 1 heterocycles. The van der Waals surface area contributed by atoms with Crippen molar-refractivity contribution < 1.29 is 13.6 Å². The zero-order chi connectivity index (χ0) is 13.1. The van der Waals surface area contributed by atoms with Crippen molar-refractivity contribution in [3.8, 4) is 0 Å². The standard InChI is InChI=1S/C13H13FN2O2/c1-8(15)11-5-6-12(18-11)13(17)16-10-4-2-3-9(14)7-10/h2-8H,15H2,1H3,(H,16,17). The SMILES string of the molecule is CC(N)c1ccc(C(=O)Nc2cccc(F)c2)o1. The number of nitrogens with one attached hydrogen (secondary N) is 1. The molecule has 1 unspecified atom stereocenters. The molecule has 94 valence electrons. The van der Waals surface area contributed by atoms with E-state index in [2.05, 4.69) is 5.32 Å². The predicted octanol–water partition coefficient (Wildman–Crippen LogP) is 2.69. The minimum absolute atomic E-state index is 0.145. The first-order chi connectivity index (χ1) is 8.56. The number of rotatable bonds is 3. The molecule has 0 saturated heterocycles. The molecule has 0 radical (unpaired) electrons. The summed E-state index contributed by atoms with van der Waals surface area (Å²) in [6, 6.07) is 8.54. The quantitative estimate of drug-likeness (QED) is 0.877. The molecule has 0 saturated carbocycles. The van der Waals surface area contributed by atoms with Crippen LogP contribution >= 0.6 is 0 Å². The first kappa shape index (κ1) is 12.3. The first-order valence-corrected chi connectivity index (χ1v) is 5.48. The van der Waals surface area contributed by atoms with Gasteiger partial charge >= 0.3 is 0 Å². The molecule has 0 aliphatic rings. The minimum atomic E-state index is -0.437. The molecule has 0 aliphatic carbocycles. The van der Waals surface area contributed by atoms with Gasteiger partial charge in [0, 0.05) is 5.69 Å². The van der Waals surface area contributed by atoms with Gasteiger partial charge in [-0.05, 0) is 37.3 Å². The summed E-state index contributed by atoms with van der Waals surface area (Å²) in [5.74, 6) is -0.179. The Hall–Kier alpha value is -2.14. The van der Waals surface area contributed by atoms with E-state index in [1.165, 1.54) is 24.3 Å². The number of carbonyl (C=O) groups is 1. The van der Waals surface area contributed by atoms with Crippen LogP contribution in [0.5, 0.6) is 0 Å². The molecule has 0 aliphatic heterocycles. The highest BCUT2D eigenvalue weighted by atomic mass is 19.1. The number of benzene rings is 1. The molecule has 1 atom stereocenters. The zero-order valence-electron chi connectivity index (χ0n) is 9.81. The molecule has 18 heavy (non-hydrogen) atoms. The van der Waals surface area contributed by atoms with Crippen molar-refractivity contribution in [2.45, 2.75) is 13.0 Å². The van der Waals surface area contributed by atoms with E-state index in [1.807, 2.05) is 0 Å². The highest BCUT2D eigenvalue weighted by Gasteiger charge is 2.13. The number of halogens is 1. The van der Waals surface area contributed by atoms with Crippen LogP contribution in [0.25, 0.3) is 0 Å². The Balaban J connectivity index is 2.12. The molecular formula is C13H13FN2O2. The minimum Gasteiger partial charge on any atom is -0.454 e. The summed E-state index contributed by atoms with van der Waals surface area (Å²) in [7, 11) is 0. The number of carbonyl (C=O) groups excluding carboxylic acids is 1. The number of hydrogen-bond acceptors (Lipinski definition) is 3. The molecule has 1 amide bonds. The third-order valence-corrected chi connectivity index (χ3v) is 2.38. The van der Waals surface area contributed by atoms with E-state index >= 15 is 0 Å². The maximum atomic E-state index is 12.9. The number of hydrogen-bond donors (Lipinski definition) is 2. The van der Waals surface area contributed by atoms with Crippen LogP contribution in [0.4, 0.5) is 10.1 Å². The van der Waals surface area contributed by atoms with Crippen LogP contribution in [0.15, 0.2) is 40.8 Å². The average Bonchev–Trinajstić information content (AvgIpc) is 2.78. The van der Waals surface area contributed by atoms with Gasteiger partial charge in [-0.3, -0.25) is 4.79 Å². The fourth-order valence-corrected chi connectivity index (χ4v) is 1.48. The van der Waals surface area contributed by atoms with E-state index in [1.54, 1.807) is 19.1 Å². The van der Waals surface area contributed by atoms with Crippen LogP contribution in [0.1, 0.15) is 29.3 Å². The second kappa shape index (κ2) is 5.01. The second-order valence-electron chi connectivity index (χ2n) is 3.96. The lowest BCUT2D eigenvalue weighted by atomic mass is 10.3. The van der Waals surface area contributed by atoms with E-state index < -0.39 is 11.7 Å². The number of amides is 1. The Morgan fingerprint density at radius 3 is 2.78 bits per heavy atom. The molecule has 0 fully saturated rings. The van der Waals surface area contributed by atoms with Crippen LogP contribution in [-0.2, 0) is 0 Å². The maximum absolute atomic E-state index is 12.9. The lowest BCUT2D eigenvalue weighted by Gasteiger charge is -2.03. The van der Waals surface area contributed by atoms with Gasteiger partial charge in [-0.25, -0.2) is 4.39 Å². The summed E-state index contributed by atoms with van der Waals surface area (Å²) >= 11 is 0. The molecule has 4 nitrogen and oxygen atoms in total. The van der Waals surface area contributed by atoms with Crippen molar-refractivity contribution in [2.24, 2.45) is 5.73 Å². The van der Waals surface area contributed by atoms with Gasteiger partial charge in [-0.2, -0.15) is 0 Å². The third kappa shape index (κ3) is 2.75. The number of anilines is 1. The van der Waals surface area contributed by atoms with Gasteiger partial charge in [-0.1, -0.05) is 6.07 Å². The Morgan fingerprint density at radius 1 is 1.39 bits per heavy atom. The Kier molecular flexibility index (Phi) is 3.43. The highest BCUT2D eigenvalue weighted by Crippen LogP contribution is 2.16. The topological polar surface area (TPSA) is 68.3 Å². The Morgan fingerprint density at radius 2 is 2.17 bits per heavy atom. The molecule has 1 aromatic carbocycles. The largest absolute Gasteiger partial charge is 0.454 e. The average molecular weight is 248 g/mol. The van der Waals surface area contributed by atoms with Crippen LogP contribution in [0.2, 0.25) is 0 Å². The molecular weight excluding hydrogens is 235 g/mol. The molecule has 3 N–H and O–H groups in total. The van der Waals surface area contributed by atoms with Crippen molar-refractivity contribution in [3.63, 3.8) is 0 Å². The van der Waals surface area contributed by atoms with Gasteiger partial charge in [0.25, 0.3) is 5.91 Å². The van der Waals surface area contributed by atoms with Gasteiger partial charge in [0.05, 0.1) is 6.04 Å². The summed E-state index contributed by atoms with van der Waals surface area (Å²) < 4.78 is 18.2. The molecule has 0 spiro atoms. The molecule has 5 heteroatoms. The van der Waals surface area contributed by atoms with E-state index in [9.17, 15) is 9.18 Å². The predicted molar refractivity (Wildman–Crippen MR) is 65.7 cm³/mol. The smallest absolute Gasteiger partial charge is 0.291 e. The van der Waals surface area contributed by atoms with Gasteiger partial charge in [-0.15, -0.1) is 0 Å². The van der Waals surface area contributed by atoms with E-state index in [0.717, 1.165) is 0 Å². The molecule has 0 bridgehead atoms. The molecule has 2 aromatic rings. The first-order valence-electron chi connectivity index (χ1n) is 5.48. The zero-order valence-corrected chi connectivity index (χ0v) is 9.81. The van der Waals surface area contributed by atoms with E-state index in [4.69, 9.17) is 10.2 Å². The van der Waals surface area contributed by atoms with Crippen LogP contribution < -0.4 is 11.1 Å². The number of furan rings is 1. The van der Waals surface area contributed by atoms with Crippen molar-refractivity contribution >= 4 is 11.6 Å². The Bertz CT molecular complexity index is 564. The fraction of sp³-hybridized carbons (Fsp3) is 0.154. The summed E-state index contributed by atoms with van der Waals surface area (Å²) in [5, 5.41) is 2.54. The monoisotopic (exact) mass is 248 g/mol. The van der Waals surface area contributed by atoms with Crippen molar-refractivity contribution in [1.29, 1.82) is 0 Å². The van der Waals surface area contributed by atoms with E-state index in [0.29, 0.717) is 11.4 Å². The maximum Gasteiger partial charge on any atom is 0.291 e. The molecule has 1 aromatic heterocycles. The summed E-state index contributed by atoms with van der Waals surface area (Å²) in [5.41, 5.74) is 6.00. The van der Waals surface area contributed by atoms with Crippen molar-refractivity contribution in [2.75, 3.05) is 5.32 Å². The number of nitrogens with two attached hydrogens (primary N) is 1. The summed E-state index contributed by atoms with van der Waals surface area (Å²) in [4.78, 5) is 11.8. The summed E-state index contributed by atoms with van der Waals surface area (Å²) in [6.07, 6.45) is 0.